The van der Waals surface area contributed by atoms with Gasteiger partial charge in [-0.15, -0.1) is 0 Å². The molecular formula is C7H16N2O4S. The van der Waals surface area contributed by atoms with Crippen molar-refractivity contribution >= 4 is 16.0 Å². The lowest BCUT2D eigenvalue weighted by Gasteiger charge is -2.10. The van der Waals surface area contributed by atoms with E-state index in [0.29, 0.717) is 0 Å². The van der Waals surface area contributed by atoms with E-state index in [0.717, 1.165) is 0 Å². The Kier molecular flexibility index (Phi) is 5.03. The number of nitrogens with one attached hydrogen (secondary N) is 1. The highest BCUT2D eigenvalue weighted by atomic mass is 32.2. The first kappa shape index (κ1) is 13.3. The molecule has 0 aliphatic carbocycles. The number of carboxylic acid groups (broad SMARTS) is 1. The third-order valence-corrected chi connectivity index (χ3v) is 2.83. The Labute approximate surface area is 83.5 Å². The summed E-state index contributed by atoms with van der Waals surface area (Å²) in [7, 11) is -3.58. The van der Waals surface area contributed by atoms with Gasteiger partial charge < -0.3 is 10.8 Å². The van der Waals surface area contributed by atoms with Crippen LogP contribution in [0.2, 0.25) is 0 Å². The van der Waals surface area contributed by atoms with Gasteiger partial charge in [0.1, 0.15) is 6.04 Å². The molecule has 0 aromatic carbocycles. The van der Waals surface area contributed by atoms with E-state index in [9.17, 15) is 13.2 Å². The van der Waals surface area contributed by atoms with Crippen LogP contribution < -0.4 is 10.5 Å². The van der Waals surface area contributed by atoms with Gasteiger partial charge in [0.05, 0.1) is 5.75 Å². The van der Waals surface area contributed by atoms with Crippen molar-refractivity contribution in [1.82, 2.24) is 4.72 Å². The highest BCUT2D eigenvalue weighted by Crippen LogP contribution is 1.93. The SMILES string of the molecule is CC(C)CNS(=O)(=O)CC(N)C(=O)O. The van der Waals surface area contributed by atoms with Crippen LogP contribution in [-0.2, 0) is 14.8 Å². The number of nitrogens with two attached hydrogens (primary N) is 1. The summed E-state index contributed by atoms with van der Waals surface area (Å²) < 4.78 is 24.7. The van der Waals surface area contributed by atoms with E-state index in [1.54, 1.807) is 0 Å². The Morgan fingerprint density at radius 2 is 2.00 bits per heavy atom. The number of carboxylic acids is 1. The first-order chi connectivity index (χ1) is 6.24. The van der Waals surface area contributed by atoms with Crippen LogP contribution in [0.3, 0.4) is 0 Å². The molecule has 14 heavy (non-hydrogen) atoms. The topological polar surface area (TPSA) is 109 Å². The monoisotopic (exact) mass is 224 g/mol. The fourth-order valence-electron chi connectivity index (χ4n) is 0.660. The molecule has 0 fully saturated rings. The van der Waals surface area contributed by atoms with Crippen LogP contribution in [0.25, 0.3) is 0 Å². The summed E-state index contributed by atoms with van der Waals surface area (Å²) in [6.07, 6.45) is 0. The summed E-state index contributed by atoms with van der Waals surface area (Å²) in [5.41, 5.74) is 5.09. The van der Waals surface area contributed by atoms with Gasteiger partial charge >= 0.3 is 5.97 Å². The van der Waals surface area contributed by atoms with Crippen LogP contribution in [0.1, 0.15) is 13.8 Å². The fraction of sp³-hybridized carbons (Fsp3) is 0.857. The minimum absolute atomic E-state index is 0.172. The highest BCUT2D eigenvalue weighted by molar-refractivity contribution is 7.89. The average molecular weight is 224 g/mol. The van der Waals surface area contributed by atoms with E-state index in [2.05, 4.69) is 4.72 Å². The van der Waals surface area contributed by atoms with Crippen LogP contribution in [-0.4, -0.2) is 37.8 Å². The molecule has 0 aromatic heterocycles. The summed E-state index contributed by atoms with van der Waals surface area (Å²) in [5, 5.41) is 8.41. The lowest BCUT2D eigenvalue weighted by Crippen LogP contribution is -2.42. The second-order valence-corrected chi connectivity index (χ2v) is 5.32. The van der Waals surface area contributed by atoms with E-state index < -0.39 is 27.8 Å². The molecule has 0 heterocycles. The van der Waals surface area contributed by atoms with Crippen LogP contribution >= 0.6 is 0 Å². The number of rotatable bonds is 6. The molecule has 7 heteroatoms. The second kappa shape index (κ2) is 5.28. The summed E-state index contributed by atoms with van der Waals surface area (Å²) in [6.45, 7) is 3.98. The van der Waals surface area contributed by atoms with Gasteiger partial charge in [-0.3, -0.25) is 4.79 Å². The van der Waals surface area contributed by atoms with E-state index in [1.807, 2.05) is 13.8 Å². The molecule has 4 N–H and O–H groups in total. The maximum atomic E-state index is 11.2. The standard InChI is InChI=1S/C7H16N2O4S/c1-5(2)3-9-14(12,13)4-6(8)7(10)11/h5-6,9H,3-4,8H2,1-2H3,(H,10,11). The van der Waals surface area contributed by atoms with Crippen LogP contribution in [0.15, 0.2) is 0 Å². The van der Waals surface area contributed by atoms with Crippen molar-refractivity contribution in [3.8, 4) is 0 Å². The van der Waals surface area contributed by atoms with Gasteiger partial charge in [-0.1, -0.05) is 13.8 Å². The Balaban J connectivity index is 4.15. The van der Waals surface area contributed by atoms with E-state index >= 15 is 0 Å². The zero-order valence-electron chi connectivity index (χ0n) is 8.23. The van der Waals surface area contributed by atoms with Gasteiger partial charge in [0, 0.05) is 6.54 Å². The fourth-order valence-corrected chi connectivity index (χ4v) is 1.98. The van der Waals surface area contributed by atoms with Gasteiger partial charge in [-0.25, -0.2) is 13.1 Å². The van der Waals surface area contributed by atoms with Crippen LogP contribution in [0, 0.1) is 5.92 Å². The third-order valence-electron chi connectivity index (χ3n) is 1.43. The van der Waals surface area contributed by atoms with E-state index in [1.165, 1.54) is 0 Å². The molecule has 0 aliphatic heterocycles. The van der Waals surface area contributed by atoms with E-state index in [4.69, 9.17) is 10.8 Å². The molecule has 0 saturated heterocycles. The van der Waals surface area contributed by atoms with Gasteiger partial charge in [-0.2, -0.15) is 0 Å². The molecule has 1 atom stereocenters. The summed E-state index contributed by atoms with van der Waals surface area (Å²) >= 11 is 0. The van der Waals surface area contributed by atoms with E-state index in [-0.39, 0.29) is 12.5 Å². The third kappa shape index (κ3) is 5.90. The smallest absolute Gasteiger partial charge is 0.321 e. The molecular weight excluding hydrogens is 208 g/mol. The molecule has 0 saturated carbocycles. The Morgan fingerprint density at radius 1 is 1.50 bits per heavy atom. The van der Waals surface area contributed by atoms with Crippen molar-refractivity contribution in [2.24, 2.45) is 11.7 Å². The Bertz CT molecular complexity index is 286. The summed E-state index contributed by atoms with van der Waals surface area (Å²) in [6, 6.07) is -1.38. The predicted molar refractivity (Wildman–Crippen MR) is 52.2 cm³/mol. The minimum Gasteiger partial charge on any atom is -0.480 e. The highest BCUT2D eigenvalue weighted by Gasteiger charge is 2.20. The first-order valence-corrected chi connectivity index (χ1v) is 5.85. The number of carbonyl (C=O) groups is 1. The molecule has 0 rings (SSSR count). The zero-order valence-corrected chi connectivity index (χ0v) is 9.04. The molecule has 0 aromatic rings. The maximum Gasteiger partial charge on any atom is 0.321 e. The first-order valence-electron chi connectivity index (χ1n) is 4.20. The molecule has 0 spiro atoms. The van der Waals surface area contributed by atoms with Crippen molar-refractivity contribution in [1.29, 1.82) is 0 Å². The van der Waals surface area contributed by atoms with Gasteiger partial charge in [-0.05, 0) is 5.92 Å². The molecule has 0 aliphatic rings. The quantitative estimate of drug-likeness (QED) is 0.534. The molecule has 0 amide bonds. The molecule has 0 radical (unpaired) electrons. The van der Waals surface area contributed by atoms with Crippen molar-refractivity contribution in [3.05, 3.63) is 0 Å². The molecule has 1 unspecified atom stereocenters. The van der Waals surface area contributed by atoms with Crippen LogP contribution in [0.4, 0.5) is 0 Å². The maximum absolute atomic E-state index is 11.2. The summed E-state index contributed by atoms with van der Waals surface area (Å²) in [4.78, 5) is 10.3. The number of aliphatic carboxylic acids is 1. The summed E-state index contributed by atoms with van der Waals surface area (Å²) in [5.74, 6) is -1.74. The van der Waals surface area contributed by atoms with Crippen molar-refractivity contribution in [2.75, 3.05) is 12.3 Å². The number of hydrogen-bond donors (Lipinski definition) is 3. The lowest BCUT2D eigenvalue weighted by atomic mass is 10.2. The van der Waals surface area contributed by atoms with Gasteiger partial charge in [0.2, 0.25) is 10.0 Å². The number of sulfonamides is 1. The zero-order chi connectivity index (χ0) is 11.4. The Morgan fingerprint density at radius 3 is 2.36 bits per heavy atom. The second-order valence-electron chi connectivity index (χ2n) is 3.47. The normalized spacial score (nSPS) is 14.3. The average Bonchev–Trinajstić information content (AvgIpc) is 2.00. The largest absolute Gasteiger partial charge is 0.480 e. The van der Waals surface area contributed by atoms with Gasteiger partial charge in [0.15, 0.2) is 0 Å². The van der Waals surface area contributed by atoms with Crippen LogP contribution in [0.5, 0.6) is 0 Å². The minimum atomic E-state index is -3.58. The lowest BCUT2D eigenvalue weighted by molar-refractivity contribution is -0.137. The molecule has 84 valence electrons. The predicted octanol–water partition coefficient (Wildman–Crippen LogP) is -1.03. The molecule has 0 bridgehead atoms. The van der Waals surface area contributed by atoms with Crippen molar-refractivity contribution < 1.29 is 18.3 Å². The molecule has 6 nitrogen and oxygen atoms in total. The Hall–Kier alpha value is -0.660. The van der Waals surface area contributed by atoms with Crippen molar-refractivity contribution in [3.63, 3.8) is 0 Å². The number of hydrogen-bond acceptors (Lipinski definition) is 4. The van der Waals surface area contributed by atoms with Crippen molar-refractivity contribution in [2.45, 2.75) is 19.9 Å². The van der Waals surface area contributed by atoms with Gasteiger partial charge in [0.25, 0.3) is 0 Å².